The highest BCUT2D eigenvalue weighted by Gasteiger charge is 2.22. The van der Waals surface area contributed by atoms with Crippen LogP contribution in [-0.4, -0.2) is 36.1 Å². The summed E-state index contributed by atoms with van der Waals surface area (Å²) in [4.78, 5) is 14.4. The highest BCUT2D eigenvalue weighted by Crippen LogP contribution is 2.16. The van der Waals surface area contributed by atoms with Crippen molar-refractivity contribution in [1.29, 1.82) is 5.26 Å². The third-order valence-corrected chi connectivity index (χ3v) is 4.36. The number of carbonyl (C=O) groups is 1. The van der Waals surface area contributed by atoms with Crippen LogP contribution < -0.4 is 5.32 Å². The van der Waals surface area contributed by atoms with Crippen molar-refractivity contribution >= 4 is 5.91 Å². The highest BCUT2D eigenvalue weighted by atomic mass is 16.5. The van der Waals surface area contributed by atoms with Crippen LogP contribution in [0.2, 0.25) is 0 Å². The second-order valence-electron chi connectivity index (χ2n) is 6.66. The van der Waals surface area contributed by atoms with E-state index in [1.165, 1.54) is 5.56 Å². The molecule has 1 aromatic carbocycles. The van der Waals surface area contributed by atoms with E-state index in [4.69, 9.17) is 4.74 Å². The third-order valence-electron chi connectivity index (χ3n) is 4.36. The van der Waals surface area contributed by atoms with Gasteiger partial charge in [-0.2, -0.15) is 5.26 Å². The summed E-state index contributed by atoms with van der Waals surface area (Å²) >= 11 is 0. The number of rotatable bonds is 5. The molecule has 0 aliphatic carbocycles. The minimum atomic E-state index is -0.346. The fraction of sp³-hybridized carbons (Fsp3) is 0.500. The van der Waals surface area contributed by atoms with Crippen molar-refractivity contribution < 1.29 is 9.53 Å². The number of carbonyl (C=O) groups excluding carboxylic acids is 1. The quantitative estimate of drug-likeness (QED) is 0.660. The smallest absolute Gasteiger partial charge is 0.263 e. The molecule has 5 nitrogen and oxygen atoms in total. The van der Waals surface area contributed by atoms with Crippen LogP contribution in [0, 0.1) is 11.3 Å². The second-order valence-corrected chi connectivity index (χ2v) is 6.66. The molecule has 3 atom stereocenters. The number of ether oxygens (including phenoxy) is 1. The van der Waals surface area contributed by atoms with E-state index in [-0.39, 0.29) is 29.7 Å². The first kappa shape index (κ1) is 19.0. The van der Waals surface area contributed by atoms with E-state index in [0.717, 1.165) is 12.0 Å². The first-order chi connectivity index (χ1) is 11.9. The van der Waals surface area contributed by atoms with Crippen LogP contribution in [-0.2, 0) is 16.0 Å². The van der Waals surface area contributed by atoms with Crippen LogP contribution in [0.25, 0.3) is 0 Å². The lowest BCUT2D eigenvalue weighted by Crippen LogP contribution is -2.43. The van der Waals surface area contributed by atoms with E-state index in [1.54, 1.807) is 6.20 Å². The van der Waals surface area contributed by atoms with Gasteiger partial charge in [0.1, 0.15) is 11.6 Å². The topological polar surface area (TPSA) is 65.4 Å². The Balaban J connectivity index is 2.03. The van der Waals surface area contributed by atoms with Gasteiger partial charge in [-0.3, -0.25) is 4.79 Å². The van der Waals surface area contributed by atoms with Gasteiger partial charge in [-0.15, -0.1) is 0 Å². The molecular weight excluding hydrogens is 314 g/mol. The average molecular weight is 341 g/mol. The molecule has 3 unspecified atom stereocenters. The number of nitriles is 1. The van der Waals surface area contributed by atoms with Crippen molar-refractivity contribution in [2.24, 2.45) is 0 Å². The maximum Gasteiger partial charge on any atom is 0.263 e. The fourth-order valence-corrected chi connectivity index (χ4v) is 3.04. The minimum absolute atomic E-state index is 0.0824. The number of benzene rings is 1. The number of amides is 1. The lowest BCUT2D eigenvalue weighted by atomic mass is 10.0. The van der Waals surface area contributed by atoms with Gasteiger partial charge in [0.2, 0.25) is 0 Å². The molecule has 5 heteroatoms. The van der Waals surface area contributed by atoms with Gasteiger partial charge in [0.15, 0.2) is 0 Å². The van der Waals surface area contributed by atoms with Gasteiger partial charge < -0.3 is 15.0 Å². The Morgan fingerprint density at radius 2 is 1.96 bits per heavy atom. The Bertz CT molecular complexity index is 651. The second kappa shape index (κ2) is 8.68. The van der Waals surface area contributed by atoms with Crippen molar-refractivity contribution in [3.63, 3.8) is 0 Å². The van der Waals surface area contributed by atoms with Gasteiger partial charge in [0.05, 0.1) is 18.2 Å². The van der Waals surface area contributed by atoms with Crippen molar-refractivity contribution in [2.75, 3.05) is 13.1 Å². The van der Waals surface area contributed by atoms with Gasteiger partial charge in [0.25, 0.3) is 5.91 Å². The van der Waals surface area contributed by atoms with Crippen LogP contribution in [0.1, 0.15) is 44.9 Å². The van der Waals surface area contributed by atoms with Gasteiger partial charge in [0, 0.05) is 19.3 Å². The Labute approximate surface area is 150 Å². The van der Waals surface area contributed by atoms with Gasteiger partial charge in [-0.25, -0.2) is 0 Å². The molecule has 0 bridgehead atoms. The molecule has 1 amide bonds. The summed E-state index contributed by atoms with van der Waals surface area (Å²) in [6.45, 7) is 9.37. The molecule has 134 valence electrons. The molecule has 25 heavy (non-hydrogen) atoms. The summed E-state index contributed by atoms with van der Waals surface area (Å²) in [5.41, 5.74) is 2.41. The molecule has 1 aliphatic heterocycles. The number of nitrogens with one attached hydrogen (secondary N) is 1. The first-order valence-corrected chi connectivity index (χ1v) is 8.84. The molecule has 2 rings (SSSR count). The van der Waals surface area contributed by atoms with Gasteiger partial charge >= 0.3 is 0 Å². The van der Waals surface area contributed by atoms with E-state index in [0.29, 0.717) is 13.1 Å². The predicted molar refractivity (Wildman–Crippen MR) is 97.7 cm³/mol. The highest BCUT2D eigenvalue weighted by molar-refractivity contribution is 5.97. The van der Waals surface area contributed by atoms with Crippen LogP contribution in [0.5, 0.6) is 0 Å². The van der Waals surface area contributed by atoms with Crippen LogP contribution >= 0.6 is 0 Å². The Hall–Kier alpha value is -2.32. The summed E-state index contributed by atoms with van der Waals surface area (Å²) in [5, 5.41) is 12.3. The van der Waals surface area contributed by atoms with Crippen molar-refractivity contribution in [1.82, 2.24) is 10.2 Å². The number of hydrogen-bond acceptors (Lipinski definition) is 4. The van der Waals surface area contributed by atoms with Crippen LogP contribution in [0.4, 0.5) is 0 Å². The molecule has 1 aromatic rings. The fourth-order valence-electron chi connectivity index (χ4n) is 3.04. The maximum atomic E-state index is 12.5. The molecule has 0 radical (unpaired) electrons. The number of hydrogen-bond donors (Lipinski definition) is 1. The minimum Gasteiger partial charge on any atom is -0.372 e. The molecule has 1 aliphatic rings. The molecule has 1 saturated heterocycles. The molecule has 0 saturated carbocycles. The zero-order chi connectivity index (χ0) is 18.4. The number of nitrogens with zero attached hydrogens (tertiary/aromatic N) is 2. The lowest BCUT2D eigenvalue weighted by Gasteiger charge is -2.34. The van der Waals surface area contributed by atoms with E-state index < -0.39 is 0 Å². The largest absolute Gasteiger partial charge is 0.372 e. The molecule has 1 heterocycles. The SMILES string of the molecule is CCc1ccc(C(C)NC(=O)/C(C#N)=C\N2CC(C)OC(C)C2)cc1. The van der Waals surface area contributed by atoms with Gasteiger partial charge in [-0.1, -0.05) is 31.2 Å². The first-order valence-electron chi connectivity index (χ1n) is 8.84. The Kier molecular flexibility index (Phi) is 6.60. The monoisotopic (exact) mass is 341 g/mol. The number of aryl methyl sites for hydroxylation is 1. The standard InChI is InChI=1S/C20H27N3O2/c1-5-17-6-8-18(9-7-17)16(4)22-20(24)19(10-21)13-23-11-14(2)25-15(3)12-23/h6-9,13-16H,5,11-12H2,1-4H3,(H,22,24)/b19-13-. The maximum absolute atomic E-state index is 12.5. The molecule has 0 spiro atoms. The summed E-state index contributed by atoms with van der Waals surface area (Å²) in [6, 6.07) is 10.0. The zero-order valence-corrected chi connectivity index (χ0v) is 15.5. The van der Waals surface area contributed by atoms with E-state index >= 15 is 0 Å². The zero-order valence-electron chi connectivity index (χ0n) is 15.5. The third kappa shape index (κ3) is 5.33. The molecule has 0 aromatic heterocycles. The lowest BCUT2D eigenvalue weighted by molar-refractivity contribution is -0.117. The van der Waals surface area contributed by atoms with E-state index in [1.807, 2.05) is 43.9 Å². The Morgan fingerprint density at radius 3 is 2.48 bits per heavy atom. The summed E-state index contributed by atoms with van der Waals surface area (Å²) in [7, 11) is 0. The molecule has 1 fully saturated rings. The predicted octanol–water partition coefficient (Wildman–Crippen LogP) is 2.94. The van der Waals surface area contributed by atoms with Crippen LogP contribution in [0.3, 0.4) is 0 Å². The average Bonchev–Trinajstić information content (AvgIpc) is 2.58. The van der Waals surface area contributed by atoms with Crippen molar-refractivity contribution in [3.05, 3.63) is 47.2 Å². The normalized spacial score (nSPS) is 22.2. The van der Waals surface area contributed by atoms with Crippen molar-refractivity contribution in [2.45, 2.75) is 52.4 Å². The Morgan fingerprint density at radius 1 is 1.36 bits per heavy atom. The van der Waals surface area contributed by atoms with E-state index in [2.05, 4.69) is 24.4 Å². The summed E-state index contributed by atoms with van der Waals surface area (Å²) in [6.07, 6.45) is 2.80. The molecular formula is C20H27N3O2. The summed E-state index contributed by atoms with van der Waals surface area (Å²) < 4.78 is 5.68. The van der Waals surface area contributed by atoms with Crippen molar-refractivity contribution in [3.8, 4) is 6.07 Å². The van der Waals surface area contributed by atoms with Crippen LogP contribution in [0.15, 0.2) is 36.0 Å². The number of morpholine rings is 1. The summed E-state index contributed by atoms with van der Waals surface area (Å²) in [5.74, 6) is -0.346. The van der Waals surface area contributed by atoms with Gasteiger partial charge in [-0.05, 0) is 38.3 Å². The van der Waals surface area contributed by atoms with E-state index in [9.17, 15) is 10.1 Å². The molecule has 1 N–H and O–H groups in total.